The largest absolute Gasteiger partial charge is 0.490 e. The third kappa shape index (κ3) is 4.57. The van der Waals surface area contributed by atoms with Crippen molar-refractivity contribution in [3.63, 3.8) is 0 Å². The molecule has 0 radical (unpaired) electrons. The number of hydrogen-bond donors (Lipinski definition) is 1. The zero-order chi connectivity index (χ0) is 14.1. The van der Waals surface area contributed by atoms with Crippen LogP contribution in [-0.4, -0.2) is 25.7 Å². The number of amides is 1. The van der Waals surface area contributed by atoms with Gasteiger partial charge in [-0.2, -0.15) is 10.5 Å². The fraction of sp³-hybridized carbons (Fsp3) is 0.308. The van der Waals surface area contributed by atoms with Gasteiger partial charge >= 0.3 is 0 Å². The van der Waals surface area contributed by atoms with Gasteiger partial charge in [-0.1, -0.05) is 0 Å². The molecule has 98 valence electrons. The first-order chi connectivity index (χ1) is 9.21. The predicted octanol–water partition coefficient (Wildman–Crippen LogP) is 0.976. The summed E-state index contributed by atoms with van der Waals surface area (Å²) >= 11 is 0. The molecular formula is C13H13N3O3. The van der Waals surface area contributed by atoms with E-state index in [1.54, 1.807) is 24.3 Å². The first kappa shape index (κ1) is 14.3. The minimum absolute atomic E-state index is 0.0616. The first-order valence-electron chi connectivity index (χ1n) is 5.64. The highest BCUT2D eigenvalue weighted by molar-refractivity contribution is 5.77. The topological polar surface area (TPSA) is 95.1 Å². The van der Waals surface area contributed by atoms with Gasteiger partial charge in [-0.3, -0.25) is 4.79 Å². The summed E-state index contributed by atoms with van der Waals surface area (Å²) in [7, 11) is 0. The Labute approximate surface area is 111 Å². The smallest absolute Gasteiger partial charge is 0.258 e. The monoisotopic (exact) mass is 259 g/mol. The maximum Gasteiger partial charge on any atom is 0.258 e. The van der Waals surface area contributed by atoms with Crippen molar-refractivity contribution in [2.24, 2.45) is 0 Å². The second kappa shape index (κ2) is 7.57. The standard InChI is InChI=1S/C13H13N3O3/c1-2-18-12-7-10(8-15)3-4-11(12)19-9-13(17)16-6-5-14/h3-4,7H,2,6,9H2,1H3,(H,16,17). The molecule has 0 fully saturated rings. The average molecular weight is 259 g/mol. The highest BCUT2D eigenvalue weighted by Gasteiger charge is 2.08. The number of hydrogen-bond acceptors (Lipinski definition) is 5. The molecule has 0 heterocycles. The average Bonchev–Trinajstić information content (AvgIpc) is 2.43. The molecule has 0 atom stereocenters. The Balaban J connectivity index is 2.70. The van der Waals surface area contributed by atoms with Crippen molar-refractivity contribution in [2.75, 3.05) is 19.8 Å². The maximum absolute atomic E-state index is 11.3. The Morgan fingerprint density at radius 3 is 2.74 bits per heavy atom. The van der Waals surface area contributed by atoms with Crippen molar-refractivity contribution < 1.29 is 14.3 Å². The van der Waals surface area contributed by atoms with E-state index in [1.807, 2.05) is 13.0 Å². The summed E-state index contributed by atoms with van der Waals surface area (Å²) in [6.07, 6.45) is 0. The van der Waals surface area contributed by atoms with Gasteiger partial charge in [-0.25, -0.2) is 0 Å². The lowest BCUT2D eigenvalue weighted by molar-refractivity contribution is -0.122. The van der Waals surface area contributed by atoms with Gasteiger partial charge in [0, 0.05) is 6.07 Å². The van der Waals surface area contributed by atoms with Gasteiger partial charge in [0.15, 0.2) is 18.1 Å². The lowest BCUT2D eigenvalue weighted by Gasteiger charge is -2.11. The molecule has 0 aliphatic carbocycles. The van der Waals surface area contributed by atoms with Crippen LogP contribution in [0.15, 0.2) is 18.2 Å². The molecule has 0 spiro atoms. The number of nitrogens with zero attached hydrogens (tertiary/aromatic N) is 2. The van der Waals surface area contributed by atoms with Crippen LogP contribution in [0.1, 0.15) is 12.5 Å². The number of benzene rings is 1. The third-order valence-electron chi connectivity index (χ3n) is 2.10. The van der Waals surface area contributed by atoms with Crippen LogP contribution in [-0.2, 0) is 4.79 Å². The molecule has 0 unspecified atom stereocenters. The fourth-order valence-corrected chi connectivity index (χ4v) is 1.30. The van der Waals surface area contributed by atoms with E-state index in [4.69, 9.17) is 20.0 Å². The molecule has 1 rings (SSSR count). The van der Waals surface area contributed by atoms with Crippen molar-refractivity contribution in [3.05, 3.63) is 23.8 Å². The summed E-state index contributed by atoms with van der Waals surface area (Å²) in [4.78, 5) is 11.3. The molecule has 1 amide bonds. The Hall–Kier alpha value is -2.73. The van der Waals surface area contributed by atoms with Crippen LogP contribution in [0.2, 0.25) is 0 Å². The quantitative estimate of drug-likeness (QED) is 0.768. The summed E-state index contributed by atoms with van der Waals surface area (Å²) in [5.41, 5.74) is 0.449. The molecule has 19 heavy (non-hydrogen) atoms. The van der Waals surface area contributed by atoms with Gasteiger partial charge in [0.2, 0.25) is 0 Å². The van der Waals surface area contributed by atoms with Crippen LogP contribution in [0, 0.1) is 22.7 Å². The van der Waals surface area contributed by atoms with Crippen LogP contribution in [0.25, 0.3) is 0 Å². The maximum atomic E-state index is 11.3. The molecule has 0 aromatic heterocycles. The van der Waals surface area contributed by atoms with Crippen molar-refractivity contribution in [3.8, 4) is 23.6 Å². The van der Waals surface area contributed by atoms with Crippen LogP contribution in [0.5, 0.6) is 11.5 Å². The normalized spacial score (nSPS) is 9.00. The lowest BCUT2D eigenvalue weighted by Crippen LogP contribution is -2.29. The highest BCUT2D eigenvalue weighted by Crippen LogP contribution is 2.28. The number of carbonyl (C=O) groups is 1. The zero-order valence-electron chi connectivity index (χ0n) is 10.5. The molecule has 0 bridgehead atoms. The zero-order valence-corrected chi connectivity index (χ0v) is 10.5. The molecular weight excluding hydrogens is 246 g/mol. The number of rotatable bonds is 6. The van der Waals surface area contributed by atoms with E-state index in [1.165, 1.54) is 0 Å². The van der Waals surface area contributed by atoms with Gasteiger partial charge in [0.25, 0.3) is 5.91 Å². The molecule has 0 aliphatic heterocycles. The summed E-state index contributed by atoms with van der Waals surface area (Å²) in [6.45, 7) is 1.95. The summed E-state index contributed by atoms with van der Waals surface area (Å²) in [5.74, 6) is 0.399. The Morgan fingerprint density at radius 1 is 1.32 bits per heavy atom. The number of nitrogens with one attached hydrogen (secondary N) is 1. The number of ether oxygens (including phenoxy) is 2. The van der Waals surface area contributed by atoms with E-state index < -0.39 is 5.91 Å². The van der Waals surface area contributed by atoms with Crippen LogP contribution >= 0.6 is 0 Å². The molecule has 6 nitrogen and oxygen atoms in total. The van der Waals surface area contributed by atoms with E-state index in [9.17, 15) is 4.79 Å². The van der Waals surface area contributed by atoms with Crippen LogP contribution in [0.3, 0.4) is 0 Å². The molecule has 1 aromatic carbocycles. The third-order valence-corrected chi connectivity index (χ3v) is 2.10. The summed E-state index contributed by atoms with van der Waals surface area (Å²) in [6, 6.07) is 8.48. The Bertz CT molecular complexity index is 529. The van der Waals surface area contributed by atoms with E-state index in [-0.39, 0.29) is 13.2 Å². The summed E-state index contributed by atoms with van der Waals surface area (Å²) in [5, 5.41) is 19.5. The van der Waals surface area contributed by atoms with Crippen molar-refractivity contribution in [2.45, 2.75) is 6.92 Å². The lowest BCUT2D eigenvalue weighted by atomic mass is 10.2. The molecule has 1 aromatic rings. The molecule has 6 heteroatoms. The van der Waals surface area contributed by atoms with Gasteiger partial charge in [0.1, 0.15) is 6.54 Å². The second-order valence-corrected chi connectivity index (χ2v) is 3.43. The van der Waals surface area contributed by atoms with Crippen molar-refractivity contribution in [1.29, 1.82) is 10.5 Å². The van der Waals surface area contributed by atoms with E-state index in [2.05, 4.69) is 5.32 Å². The van der Waals surface area contributed by atoms with Gasteiger partial charge in [0.05, 0.1) is 24.3 Å². The van der Waals surface area contributed by atoms with Crippen LogP contribution < -0.4 is 14.8 Å². The van der Waals surface area contributed by atoms with E-state index in [0.29, 0.717) is 23.7 Å². The SMILES string of the molecule is CCOc1cc(C#N)ccc1OCC(=O)NCC#N. The van der Waals surface area contributed by atoms with Gasteiger partial charge in [-0.05, 0) is 19.1 Å². The second-order valence-electron chi connectivity index (χ2n) is 3.43. The molecule has 0 aliphatic rings. The van der Waals surface area contributed by atoms with E-state index >= 15 is 0 Å². The summed E-state index contributed by atoms with van der Waals surface area (Å²) < 4.78 is 10.6. The fourth-order valence-electron chi connectivity index (χ4n) is 1.30. The van der Waals surface area contributed by atoms with Crippen LogP contribution in [0.4, 0.5) is 0 Å². The minimum atomic E-state index is -0.395. The highest BCUT2D eigenvalue weighted by atomic mass is 16.5. The molecule has 1 N–H and O–H groups in total. The van der Waals surface area contributed by atoms with Crippen molar-refractivity contribution >= 4 is 5.91 Å². The van der Waals surface area contributed by atoms with Gasteiger partial charge in [-0.15, -0.1) is 0 Å². The van der Waals surface area contributed by atoms with Crippen molar-refractivity contribution in [1.82, 2.24) is 5.32 Å². The predicted molar refractivity (Wildman–Crippen MR) is 66.4 cm³/mol. The Kier molecular flexibility index (Phi) is 5.71. The Morgan fingerprint density at radius 2 is 2.11 bits per heavy atom. The number of carbonyl (C=O) groups excluding carboxylic acids is 1. The molecule has 0 saturated carbocycles. The van der Waals surface area contributed by atoms with E-state index in [0.717, 1.165) is 0 Å². The first-order valence-corrected chi connectivity index (χ1v) is 5.64. The number of nitriles is 2. The molecule has 0 saturated heterocycles. The van der Waals surface area contributed by atoms with Gasteiger partial charge < -0.3 is 14.8 Å². The minimum Gasteiger partial charge on any atom is -0.490 e.